The Labute approximate surface area is 83.3 Å². The first-order chi connectivity index (χ1) is 5.83. The number of benzene rings is 1. The van der Waals surface area contributed by atoms with Gasteiger partial charge in [-0.25, -0.2) is 0 Å². The Bertz CT molecular complexity index is 211. The molecule has 0 fully saturated rings. The SMILES string of the molecule is CC.CNCc1cccc(Br)c1. The predicted molar refractivity (Wildman–Crippen MR) is 58.3 cm³/mol. The molecular weight excluding hydrogens is 214 g/mol. The van der Waals surface area contributed by atoms with E-state index in [1.54, 1.807) is 0 Å². The molecule has 68 valence electrons. The van der Waals surface area contributed by atoms with Crippen molar-refractivity contribution in [3.63, 3.8) is 0 Å². The molecule has 1 aromatic carbocycles. The second-order valence-electron chi connectivity index (χ2n) is 2.16. The van der Waals surface area contributed by atoms with Crippen LogP contribution in [0.25, 0.3) is 0 Å². The van der Waals surface area contributed by atoms with Gasteiger partial charge in [0.15, 0.2) is 0 Å². The van der Waals surface area contributed by atoms with Crippen molar-refractivity contribution in [2.45, 2.75) is 20.4 Å². The number of halogens is 1. The Morgan fingerprint density at radius 1 is 1.33 bits per heavy atom. The van der Waals surface area contributed by atoms with Gasteiger partial charge in [0.2, 0.25) is 0 Å². The summed E-state index contributed by atoms with van der Waals surface area (Å²) in [6, 6.07) is 8.27. The van der Waals surface area contributed by atoms with E-state index < -0.39 is 0 Å². The fourth-order valence-electron chi connectivity index (χ4n) is 0.851. The van der Waals surface area contributed by atoms with Crippen LogP contribution >= 0.6 is 15.9 Å². The third-order valence-corrected chi connectivity index (χ3v) is 1.76. The van der Waals surface area contributed by atoms with Crippen LogP contribution in [0.1, 0.15) is 19.4 Å². The van der Waals surface area contributed by atoms with Crippen molar-refractivity contribution in [2.75, 3.05) is 7.05 Å². The van der Waals surface area contributed by atoms with Crippen LogP contribution < -0.4 is 5.32 Å². The monoisotopic (exact) mass is 229 g/mol. The van der Waals surface area contributed by atoms with Crippen LogP contribution in [0.5, 0.6) is 0 Å². The van der Waals surface area contributed by atoms with Crippen molar-refractivity contribution in [3.8, 4) is 0 Å². The molecule has 1 N–H and O–H groups in total. The van der Waals surface area contributed by atoms with Gasteiger partial charge in [-0.3, -0.25) is 0 Å². The molecule has 0 unspecified atom stereocenters. The van der Waals surface area contributed by atoms with Crippen LogP contribution in [-0.2, 0) is 6.54 Å². The van der Waals surface area contributed by atoms with E-state index in [-0.39, 0.29) is 0 Å². The first-order valence-electron chi connectivity index (χ1n) is 4.22. The molecule has 0 heterocycles. The van der Waals surface area contributed by atoms with Crippen molar-refractivity contribution < 1.29 is 0 Å². The van der Waals surface area contributed by atoms with Crippen LogP contribution in [0, 0.1) is 0 Å². The van der Waals surface area contributed by atoms with Gasteiger partial charge >= 0.3 is 0 Å². The van der Waals surface area contributed by atoms with Gasteiger partial charge in [0.05, 0.1) is 0 Å². The van der Waals surface area contributed by atoms with Gasteiger partial charge in [-0.05, 0) is 24.7 Å². The van der Waals surface area contributed by atoms with E-state index >= 15 is 0 Å². The van der Waals surface area contributed by atoms with E-state index in [1.807, 2.05) is 33.0 Å². The number of hydrogen-bond donors (Lipinski definition) is 1. The minimum Gasteiger partial charge on any atom is -0.316 e. The lowest BCUT2D eigenvalue weighted by molar-refractivity contribution is 0.817. The Balaban J connectivity index is 0.000000561. The van der Waals surface area contributed by atoms with Gasteiger partial charge in [0, 0.05) is 11.0 Å². The molecule has 0 aliphatic carbocycles. The molecule has 2 heteroatoms. The van der Waals surface area contributed by atoms with Crippen LogP contribution in [0.3, 0.4) is 0 Å². The van der Waals surface area contributed by atoms with Crippen molar-refractivity contribution in [1.29, 1.82) is 0 Å². The molecule has 12 heavy (non-hydrogen) atoms. The maximum Gasteiger partial charge on any atom is 0.0202 e. The highest BCUT2D eigenvalue weighted by molar-refractivity contribution is 9.10. The molecule has 1 aromatic rings. The number of nitrogens with one attached hydrogen (secondary N) is 1. The molecule has 0 aliphatic rings. The smallest absolute Gasteiger partial charge is 0.0202 e. The fourth-order valence-corrected chi connectivity index (χ4v) is 1.30. The van der Waals surface area contributed by atoms with Gasteiger partial charge in [-0.2, -0.15) is 0 Å². The largest absolute Gasteiger partial charge is 0.316 e. The highest BCUT2D eigenvalue weighted by Gasteiger charge is 1.89. The van der Waals surface area contributed by atoms with E-state index in [4.69, 9.17) is 0 Å². The molecule has 0 spiro atoms. The lowest BCUT2D eigenvalue weighted by atomic mass is 10.2. The van der Waals surface area contributed by atoms with Gasteiger partial charge in [-0.15, -0.1) is 0 Å². The molecule has 0 aliphatic heterocycles. The molecule has 0 amide bonds. The van der Waals surface area contributed by atoms with E-state index in [9.17, 15) is 0 Å². The first kappa shape index (κ1) is 11.7. The Morgan fingerprint density at radius 2 is 2.00 bits per heavy atom. The number of hydrogen-bond acceptors (Lipinski definition) is 1. The van der Waals surface area contributed by atoms with Crippen LogP contribution in [-0.4, -0.2) is 7.05 Å². The second-order valence-corrected chi connectivity index (χ2v) is 3.08. The quantitative estimate of drug-likeness (QED) is 0.822. The second kappa shape index (κ2) is 7.32. The topological polar surface area (TPSA) is 12.0 Å². The summed E-state index contributed by atoms with van der Waals surface area (Å²) in [5, 5.41) is 3.09. The van der Waals surface area contributed by atoms with Crippen LogP contribution in [0.4, 0.5) is 0 Å². The maximum absolute atomic E-state index is 3.40. The lowest BCUT2D eigenvalue weighted by Gasteiger charge is -1.98. The van der Waals surface area contributed by atoms with E-state index in [0.29, 0.717) is 0 Å². The standard InChI is InChI=1S/C8H10BrN.C2H6/c1-10-6-7-3-2-4-8(9)5-7;1-2/h2-5,10H,6H2,1H3;1-2H3. The zero-order valence-corrected chi connectivity index (χ0v) is 9.48. The normalized spacial score (nSPS) is 8.67. The molecule has 0 saturated carbocycles. The van der Waals surface area contributed by atoms with Gasteiger partial charge in [0.1, 0.15) is 0 Å². The van der Waals surface area contributed by atoms with Crippen LogP contribution in [0.15, 0.2) is 28.7 Å². The summed E-state index contributed by atoms with van der Waals surface area (Å²) in [4.78, 5) is 0. The fraction of sp³-hybridized carbons (Fsp3) is 0.400. The van der Waals surface area contributed by atoms with Gasteiger partial charge in [0.25, 0.3) is 0 Å². The average Bonchev–Trinajstić information content (AvgIpc) is 2.09. The average molecular weight is 230 g/mol. The van der Waals surface area contributed by atoms with Crippen molar-refractivity contribution >= 4 is 15.9 Å². The summed E-state index contributed by atoms with van der Waals surface area (Å²) < 4.78 is 1.14. The summed E-state index contributed by atoms with van der Waals surface area (Å²) >= 11 is 3.40. The molecule has 1 rings (SSSR count). The maximum atomic E-state index is 3.40. The summed E-state index contributed by atoms with van der Waals surface area (Å²) in [6.45, 7) is 4.93. The van der Waals surface area contributed by atoms with Gasteiger partial charge in [-0.1, -0.05) is 41.9 Å². The predicted octanol–water partition coefficient (Wildman–Crippen LogP) is 3.19. The zero-order chi connectivity index (χ0) is 9.40. The van der Waals surface area contributed by atoms with E-state index in [2.05, 4.69) is 33.4 Å². The highest BCUT2D eigenvalue weighted by atomic mass is 79.9. The molecule has 0 aromatic heterocycles. The molecular formula is C10H16BrN. The minimum absolute atomic E-state index is 0.930. The number of rotatable bonds is 2. The third kappa shape index (κ3) is 4.52. The van der Waals surface area contributed by atoms with Crippen molar-refractivity contribution in [3.05, 3.63) is 34.3 Å². The molecule has 0 saturated heterocycles. The molecule has 0 atom stereocenters. The van der Waals surface area contributed by atoms with Crippen molar-refractivity contribution in [2.24, 2.45) is 0 Å². The van der Waals surface area contributed by atoms with E-state index in [0.717, 1.165) is 11.0 Å². The van der Waals surface area contributed by atoms with Gasteiger partial charge < -0.3 is 5.32 Å². The molecule has 1 nitrogen and oxygen atoms in total. The highest BCUT2D eigenvalue weighted by Crippen LogP contribution is 2.10. The third-order valence-electron chi connectivity index (χ3n) is 1.27. The summed E-state index contributed by atoms with van der Waals surface area (Å²) in [7, 11) is 1.95. The summed E-state index contributed by atoms with van der Waals surface area (Å²) in [5.41, 5.74) is 1.30. The summed E-state index contributed by atoms with van der Waals surface area (Å²) in [5.74, 6) is 0. The van der Waals surface area contributed by atoms with E-state index in [1.165, 1.54) is 5.56 Å². The zero-order valence-electron chi connectivity index (χ0n) is 7.89. The molecule has 0 bridgehead atoms. The summed E-state index contributed by atoms with van der Waals surface area (Å²) in [6.07, 6.45) is 0. The van der Waals surface area contributed by atoms with Crippen molar-refractivity contribution in [1.82, 2.24) is 5.32 Å². The molecule has 0 radical (unpaired) electrons. The lowest BCUT2D eigenvalue weighted by Crippen LogP contribution is -2.04. The minimum atomic E-state index is 0.930. The Hall–Kier alpha value is -0.340. The Morgan fingerprint density at radius 3 is 2.50 bits per heavy atom. The Kier molecular flexibility index (Phi) is 7.11. The van der Waals surface area contributed by atoms with Crippen LogP contribution in [0.2, 0.25) is 0 Å². The first-order valence-corrected chi connectivity index (χ1v) is 5.01.